The average molecular weight is 323 g/mol. The summed E-state index contributed by atoms with van der Waals surface area (Å²) in [7, 11) is 0. The van der Waals surface area contributed by atoms with E-state index >= 15 is 0 Å². The van der Waals surface area contributed by atoms with E-state index in [1.165, 1.54) is 0 Å². The van der Waals surface area contributed by atoms with Crippen LogP contribution in [0.25, 0.3) is 0 Å². The minimum absolute atomic E-state index is 0.0543. The minimum atomic E-state index is -0.291. The average Bonchev–Trinajstić information content (AvgIpc) is 2.81. The first-order valence-corrected chi connectivity index (χ1v) is 6.97. The van der Waals surface area contributed by atoms with Crippen molar-refractivity contribution in [1.82, 2.24) is 10.1 Å². The Morgan fingerprint density at radius 2 is 2.16 bits per heavy atom. The molecule has 100 valence electrons. The lowest BCUT2D eigenvalue weighted by Crippen LogP contribution is -2.08. The highest BCUT2D eigenvalue weighted by Crippen LogP contribution is 2.21. The maximum absolute atomic E-state index is 11.5. The third kappa shape index (κ3) is 3.29. The molecule has 1 aromatic heterocycles. The molecule has 0 fully saturated rings. The van der Waals surface area contributed by atoms with Gasteiger partial charge < -0.3 is 4.52 Å². The van der Waals surface area contributed by atoms with Crippen LogP contribution >= 0.6 is 15.9 Å². The van der Waals surface area contributed by atoms with Crippen molar-refractivity contribution in [3.8, 4) is 0 Å². The number of nitrogens with zero attached hydrogens (tertiary/aromatic N) is 2. The molecule has 2 aromatic rings. The molecule has 5 heteroatoms. The molecule has 0 radical (unpaired) electrons. The number of halogens is 1. The predicted molar refractivity (Wildman–Crippen MR) is 75.0 cm³/mol. The van der Waals surface area contributed by atoms with E-state index in [0.29, 0.717) is 24.6 Å². The highest BCUT2D eigenvalue weighted by molar-refractivity contribution is 9.10. The molecule has 0 saturated carbocycles. The molecule has 19 heavy (non-hydrogen) atoms. The molecular formula is C14H15BrN2O2. The number of rotatable bonds is 5. The van der Waals surface area contributed by atoms with Crippen LogP contribution in [0.15, 0.2) is 33.3 Å². The summed E-state index contributed by atoms with van der Waals surface area (Å²) in [4.78, 5) is 15.8. The topological polar surface area (TPSA) is 56.0 Å². The fourth-order valence-electron chi connectivity index (χ4n) is 1.93. The molecule has 0 amide bonds. The van der Waals surface area contributed by atoms with Crippen molar-refractivity contribution in [3.05, 3.63) is 46.0 Å². The first-order valence-electron chi connectivity index (χ1n) is 6.18. The second kappa shape index (κ2) is 6.10. The Labute approximate surface area is 120 Å². The summed E-state index contributed by atoms with van der Waals surface area (Å²) in [6.07, 6.45) is 1.26. The number of carbonyl (C=O) groups excluding carboxylic acids is 1. The summed E-state index contributed by atoms with van der Waals surface area (Å²) < 4.78 is 6.21. The predicted octanol–water partition coefficient (Wildman–Crippen LogP) is 3.51. The van der Waals surface area contributed by atoms with Gasteiger partial charge in [0, 0.05) is 10.9 Å². The van der Waals surface area contributed by atoms with Crippen LogP contribution < -0.4 is 0 Å². The summed E-state index contributed by atoms with van der Waals surface area (Å²) in [5, 5.41) is 3.94. The quantitative estimate of drug-likeness (QED) is 0.845. The monoisotopic (exact) mass is 322 g/mol. The molecule has 2 rings (SSSR count). The van der Waals surface area contributed by atoms with Crippen molar-refractivity contribution < 1.29 is 9.32 Å². The van der Waals surface area contributed by atoms with Crippen LogP contribution in [0.2, 0.25) is 0 Å². The lowest BCUT2D eigenvalue weighted by Gasteiger charge is -2.03. The maximum Gasteiger partial charge on any atom is 0.237 e. The molecule has 0 aliphatic rings. The Morgan fingerprint density at radius 3 is 2.79 bits per heavy atom. The summed E-state index contributed by atoms with van der Waals surface area (Å²) in [6.45, 7) is 3.48. The maximum atomic E-state index is 11.5. The number of benzene rings is 1. The first kappa shape index (κ1) is 13.9. The Morgan fingerprint density at radius 1 is 1.42 bits per heavy atom. The molecule has 1 unspecified atom stereocenters. The summed E-state index contributed by atoms with van der Waals surface area (Å²) in [5.74, 6) is 0.776. The van der Waals surface area contributed by atoms with Crippen LogP contribution in [0.4, 0.5) is 0 Å². The number of aromatic nitrogens is 2. The zero-order valence-corrected chi connectivity index (χ0v) is 12.5. The van der Waals surface area contributed by atoms with E-state index in [9.17, 15) is 4.79 Å². The van der Waals surface area contributed by atoms with E-state index in [0.717, 1.165) is 10.0 Å². The lowest BCUT2D eigenvalue weighted by molar-refractivity contribution is -0.119. The highest BCUT2D eigenvalue weighted by Gasteiger charge is 2.21. The van der Waals surface area contributed by atoms with Crippen LogP contribution in [0.3, 0.4) is 0 Å². The lowest BCUT2D eigenvalue weighted by atomic mass is 10.0. The Hall–Kier alpha value is -1.49. The normalized spacial score (nSPS) is 12.4. The number of ketones is 1. The fraction of sp³-hybridized carbons (Fsp3) is 0.357. The van der Waals surface area contributed by atoms with Gasteiger partial charge in [-0.2, -0.15) is 4.98 Å². The van der Waals surface area contributed by atoms with Gasteiger partial charge in [-0.1, -0.05) is 46.2 Å². The van der Waals surface area contributed by atoms with Crippen LogP contribution in [0.1, 0.15) is 43.5 Å². The van der Waals surface area contributed by atoms with Gasteiger partial charge in [-0.25, -0.2) is 0 Å². The van der Waals surface area contributed by atoms with Gasteiger partial charge in [-0.15, -0.1) is 0 Å². The Kier molecular flexibility index (Phi) is 4.47. The van der Waals surface area contributed by atoms with Crippen LogP contribution in [0, 0.1) is 0 Å². The molecule has 1 heterocycles. The third-order valence-corrected chi connectivity index (χ3v) is 3.76. The van der Waals surface area contributed by atoms with Gasteiger partial charge in [0.05, 0.1) is 5.92 Å². The van der Waals surface area contributed by atoms with E-state index in [1.54, 1.807) is 6.92 Å². The van der Waals surface area contributed by atoms with Gasteiger partial charge in [-0.05, 0) is 25.0 Å². The molecule has 0 spiro atoms. The summed E-state index contributed by atoms with van der Waals surface area (Å²) in [5.41, 5.74) is 1.09. The summed E-state index contributed by atoms with van der Waals surface area (Å²) in [6, 6.07) is 7.90. The largest absolute Gasteiger partial charge is 0.339 e. The highest BCUT2D eigenvalue weighted by atomic mass is 79.9. The van der Waals surface area contributed by atoms with Crippen molar-refractivity contribution in [2.75, 3.05) is 0 Å². The van der Waals surface area contributed by atoms with Crippen molar-refractivity contribution in [2.24, 2.45) is 0 Å². The zero-order valence-electron chi connectivity index (χ0n) is 10.9. The van der Waals surface area contributed by atoms with Gasteiger partial charge in [0.25, 0.3) is 0 Å². The zero-order chi connectivity index (χ0) is 13.8. The number of hydrogen-bond acceptors (Lipinski definition) is 4. The second-order valence-corrected chi connectivity index (χ2v) is 5.24. The fourth-order valence-corrected chi connectivity index (χ4v) is 2.35. The van der Waals surface area contributed by atoms with E-state index < -0.39 is 0 Å². The standard InChI is InChI=1S/C14H15BrN2O2/c1-3-11(9(2)18)14-16-13(17-19-14)8-10-6-4-5-7-12(10)15/h4-7,11H,3,8H2,1-2H3. The Bertz CT molecular complexity index is 580. The van der Waals surface area contributed by atoms with E-state index in [4.69, 9.17) is 4.52 Å². The second-order valence-electron chi connectivity index (χ2n) is 4.39. The molecule has 4 nitrogen and oxygen atoms in total. The number of carbonyl (C=O) groups is 1. The first-order chi connectivity index (χ1) is 9.11. The molecule has 0 aliphatic carbocycles. The van der Waals surface area contributed by atoms with Crippen LogP contribution in [-0.2, 0) is 11.2 Å². The smallest absolute Gasteiger partial charge is 0.237 e. The van der Waals surface area contributed by atoms with Crippen molar-refractivity contribution >= 4 is 21.7 Å². The van der Waals surface area contributed by atoms with Crippen molar-refractivity contribution in [2.45, 2.75) is 32.6 Å². The molecule has 0 bridgehead atoms. The third-order valence-electron chi connectivity index (χ3n) is 2.99. The molecule has 1 aromatic carbocycles. The summed E-state index contributed by atoms with van der Waals surface area (Å²) >= 11 is 3.49. The van der Waals surface area contributed by atoms with Gasteiger partial charge in [-0.3, -0.25) is 4.79 Å². The number of Topliss-reactive ketones (excluding diaryl/α,β-unsaturated/α-hetero) is 1. The van der Waals surface area contributed by atoms with Crippen LogP contribution in [-0.4, -0.2) is 15.9 Å². The van der Waals surface area contributed by atoms with Crippen molar-refractivity contribution in [1.29, 1.82) is 0 Å². The van der Waals surface area contributed by atoms with Gasteiger partial charge >= 0.3 is 0 Å². The molecular weight excluding hydrogens is 308 g/mol. The molecule has 0 saturated heterocycles. The van der Waals surface area contributed by atoms with Gasteiger partial charge in [0.1, 0.15) is 5.78 Å². The molecule has 0 aliphatic heterocycles. The minimum Gasteiger partial charge on any atom is -0.339 e. The molecule has 0 N–H and O–H groups in total. The van der Waals surface area contributed by atoms with Crippen molar-refractivity contribution in [3.63, 3.8) is 0 Å². The SMILES string of the molecule is CCC(C(C)=O)c1nc(Cc2ccccc2Br)no1. The van der Waals surface area contributed by atoms with Gasteiger partial charge in [0.15, 0.2) is 5.82 Å². The van der Waals surface area contributed by atoms with E-state index in [1.807, 2.05) is 31.2 Å². The Balaban J connectivity index is 2.18. The molecule has 1 atom stereocenters. The van der Waals surface area contributed by atoms with Gasteiger partial charge in [0.2, 0.25) is 5.89 Å². The van der Waals surface area contributed by atoms with E-state index in [2.05, 4.69) is 26.1 Å². The van der Waals surface area contributed by atoms with Crippen LogP contribution in [0.5, 0.6) is 0 Å². The van der Waals surface area contributed by atoms with E-state index in [-0.39, 0.29) is 11.7 Å². The number of hydrogen-bond donors (Lipinski definition) is 0.